The van der Waals surface area contributed by atoms with E-state index in [1.807, 2.05) is 0 Å². The van der Waals surface area contributed by atoms with Gasteiger partial charge in [0.05, 0.1) is 0 Å². The highest BCUT2D eigenvalue weighted by molar-refractivity contribution is 6.31. The van der Waals surface area contributed by atoms with Crippen molar-refractivity contribution < 1.29 is 4.39 Å². The molecule has 0 unspecified atom stereocenters. The Bertz CT molecular complexity index is 291. The molecule has 2 nitrogen and oxygen atoms in total. The molecule has 0 fully saturated rings. The van der Waals surface area contributed by atoms with Gasteiger partial charge in [-0.25, -0.2) is 4.39 Å². The summed E-state index contributed by atoms with van der Waals surface area (Å²) in [5.41, 5.74) is 6.25. The highest BCUT2D eigenvalue weighted by Crippen LogP contribution is 2.16. The molecule has 1 aromatic carbocycles. The van der Waals surface area contributed by atoms with Crippen molar-refractivity contribution in [1.29, 1.82) is 0 Å². The van der Waals surface area contributed by atoms with E-state index in [9.17, 15) is 4.39 Å². The number of hydrogen-bond donors (Lipinski definition) is 2. The Balaban J connectivity index is 2.42. The van der Waals surface area contributed by atoms with Gasteiger partial charge in [-0.3, -0.25) is 0 Å². The largest absolute Gasteiger partial charge is 0.330 e. The van der Waals surface area contributed by atoms with Crippen LogP contribution in [0.4, 0.5) is 4.39 Å². The van der Waals surface area contributed by atoms with Crippen LogP contribution in [0.5, 0.6) is 0 Å². The average molecular weight is 217 g/mol. The summed E-state index contributed by atoms with van der Waals surface area (Å²) in [6.07, 6.45) is 0.929. The smallest absolute Gasteiger partial charge is 0.124 e. The summed E-state index contributed by atoms with van der Waals surface area (Å²) in [5, 5.41) is 3.64. The fourth-order valence-electron chi connectivity index (χ4n) is 1.12. The predicted octanol–water partition coefficient (Wildman–Crippen LogP) is 1.92. The molecule has 0 heterocycles. The molecule has 1 aromatic rings. The predicted molar refractivity (Wildman–Crippen MR) is 56.8 cm³/mol. The van der Waals surface area contributed by atoms with Gasteiger partial charge in [-0.2, -0.15) is 0 Å². The maximum Gasteiger partial charge on any atom is 0.124 e. The molecule has 1 rings (SSSR count). The second kappa shape index (κ2) is 5.96. The van der Waals surface area contributed by atoms with Gasteiger partial charge in [0.25, 0.3) is 0 Å². The lowest BCUT2D eigenvalue weighted by Crippen LogP contribution is -2.17. The summed E-state index contributed by atoms with van der Waals surface area (Å²) in [4.78, 5) is 0. The van der Waals surface area contributed by atoms with E-state index in [0.717, 1.165) is 18.5 Å². The Labute approximate surface area is 88.2 Å². The zero-order valence-electron chi connectivity index (χ0n) is 7.89. The minimum absolute atomic E-state index is 0.305. The van der Waals surface area contributed by atoms with Gasteiger partial charge in [0, 0.05) is 11.6 Å². The monoisotopic (exact) mass is 216 g/mol. The number of nitrogens with one attached hydrogen (secondary N) is 1. The van der Waals surface area contributed by atoms with Crippen LogP contribution in [0.2, 0.25) is 5.02 Å². The molecule has 0 aromatic heterocycles. The van der Waals surface area contributed by atoms with Crippen LogP contribution in [-0.2, 0) is 6.54 Å². The number of hydrogen-bond acceptors (Lipinski definition) is 2. The summed E-state index contributed by atoms with van der Waals surface area (Å²) in [6.45, 7) is 2.17. The lowest BCUT2D eigenvalue weighted by Gasteiger charge is -2.05. The molecule has 0 spiro atoms. The Morgan fingerprint density at radius 2 is 2.21 bits per heavy atom. The molecule has 0 saturated heterocycles. The van der Waals surface area contributed by atoms with Crippen molar-refractivity contribution in [2.75, 3.05) is 13.1 Å². The molecule has 78 valence electrons. The zero-order chi connectivity index (χ0) is 10.4. The second-order valence-electron chi connectivity index (χ2n) is 3.05. The second-order valence-corrected chi connectivity index (χ2v) is 3.46. The number of rotatable bonds is 5. The summed E-state index contributed by atoms with van der Waals surface area (Å²) in [6, 6.07) is 4.42. The van der Waals surface area contributed by atoms with Crippen LogP contribution in [0, 0.1) is 5.82 Å². The van der Waals surface area contributed by atoms with E-state index in [4.69, 9.17) is 17.3 Å². The molecule has 0 atom stereocenters. The van der Waals surface area contributed by atoms with Crippen LogP contribution in [0.1, 0.15) is 12.0 Å². The molecular formula is C10H14ClFN2. The van der Waals surface area contributed by atoms with Crippen molar-refractivity contribution in [2.45, 2.75) is 13.0 Å². The first-order chi connectivity index (χ1) is 6.74. The lowest BCUT2D eigenvalue weighted by molar-refractivity contribution is 0.623. The summed E-state index contributed by atoms with van der Waals surface area (Å²) in [7, 11) is 0. The maximum atomic E-state index is 12.7. The molecule has 14 heavy (non-hydrogen) atoms. The minimum Gasteiger partial charge on any atom is -0.330 e. The minimum atomic E-state index is -0.305. The Kier molecular flexibility index (Phi) is 4.87. The summed E-state index contributed by atoms with van der Waals surface area (Å²) < 4.78 is 12.7. The van der Waals surface area contributed by atoms with Gasteiger partial charge in [-0.15, -0.1) is 0 Å². The van der Waals surface area contributed by atoms with E-state index in [1.54, 1.807) is 6.07 Å². The van der Waals surface area contributed by atoms with Crippen molar-refractivity contribution in [3.05, 3.63) is 34.6 Å². The van der Waals surface area contributed by atoms with Gasteiger partial charge in [0.15, 0.2) is 0 Å². The Hall–Kier alpha value is -0.640. The van der Waals surface area contributed by atoms with Gasteiger partial charge >= 0.3 is 0 Å². The van der Waals surface area contributed by atoms with Gasteiger partial charge in [-0.1, -0.05) is 17.7 Å². The first kappa shape index (κ1) is 11.4. The van der Waals surface area contributed by atoms with E-state index in [-0.39, 0.29) is 5.82 Å². The van der Waals surface area contributed by atoms with Crippen LogP contribution in [0.25, 0.3) is 0 Å². The standard InChI is InChI=1S/C10H14ClFN2/c11-10-6-9(12)3-2-8(10)7-14-5-1-4-13/h2-3,6,14H,1,4-5,7,13H2. The quantitative estimate of drug-likeness (QED) is 0.738. The first-order valence-corrected chi connectivity index (χ1v) is 4.96. The molecule has 0 radical (unpaired) electrons. The molecular weight excluding hydrogens is 203 g/mol. The van der Waals surface area contributed by atoms with Crippen molar-refractivity contribution in [3.63, 3.8) is 0 Å². The third kappa shape index (κ3) is 3.62. The Morgan fingerprint density at radius 1 is 1.43 bits per heavy atom. The topological polar surface area (TPSA) is 38.0 Å². The van der Waals surface area contributed by atoms with Crippen molar-refractivity contribution in [3.8, 4) is 0 Å². The molecule has 0 aliphatic heterocycles. The molecule has 0 aliphatic carbocycles. The molecule has 0 saturated carbocycles. The third-order valence-corrected chi connectivity index (χ3v) is 2.24. The molecule has 4 heteroatoms. The molecule has 0 amide bonds. The molecule has 0 aliphatic rings. The van der Waals surface area contributed by atoms with Crippen LogP contribution in [0.15, 0.2) is 18.2 Å². The summed E-state index contributed by atoms with van der Waals surface area (Å²) in [5.74, 6) is -0.305. The van der Waals surface area contributed by atoms with Gasteiger partial charge in [-0.05, 0) is 37.2 Å². The van der Waals surface area contributed by atoms with Crippen LogP contribution < -0.4 is 11.1 Å². The normalized spacial score (nSPS) is 10.5. The number of nitrogens with two attached hydrogens (primary N) is 1. The van der Waals surface area contributed by atoms with E-state index in [0.29, 0.717) is 18.1 Å². The fraction of sp³-hybridized carbons (Fsp3) is 0.400. The summed E-state index contributed by atoms with van der Waals surface area (Å²) >= 11 is 5.84. The van der Waals surface area contributed by atoms with E-state index < -0.39 is 0 Å². The van der Waals surface area contributed by atoms with E-state index in [2.05, 4.69) is 5.32 Å². The van der Waals surface area contributed by atoms with Crippen molar-refractivity contribution in [1.82, 2.24) is 5.32 Å². The lowest BCUT2D eigenvalue weighted by atomic mass is 10.2. The highest BCUT2D eigenvalue weighted by atomic mass is 35.5. The van der Waals surface area contributed by atoms with Crippen LogP contribution >= 0.6 is 11.6 Å². The highest BCUT2D eigenvalue weighted by Gasteiger charge is 2.00. The van der Waals surface area contributed by atoms with E-state index in [1.165, 1.54) is 12.1 Å². The van der Waals surface area contributed by atoms with Crippen LogP contribution in [-0.4, -0.2) is 13.1 Å². The van der Waals surface area contributed by atoms with Gasteiger partial charge in [0.2, 0.25) is 0 Å². The van der Waals surface area contributed by atoms with Crippen molar-refractivity contribution in [2.24, 2.45) is 5.73 Å². The molecule has 0 bridgehead atoms. The third-order valence-electron chi connectivity index (χ3n) is 1.89. The van der Waals surface area contributed by atoms with Gasteiger partial charge < -0.3 is 11.1 Å². The van der Waals surface area contributed by atoms with Gasteiger partial charge in [0.1, 0.15) is 5.82 Å². The fourth-order valence-corrected chi connectivity index (χ4v) is 1.35. The Morgan fingerprint density at radius 3 is 2.86 bits per heavy atom. The average Bonchev–Trinajstić information content (AvgIpc) is 2.15. The zero-order valence-corrected chi connectivity index (χ0v) is 8.65. The van der Waals surface area contributed by atoms with Crippen LogP contribution in [0.3, 0.4) is 0 Å². The number of halogens is 2. The molecule has 3 N–H and O–H groups in total. The van der Waals surface area contributed by atoms with Crippen molar-refractivity contribution >= 4 is 11.6 Å². The first-order valence-electron chi connectivity index (χ1n) is 4.58. The van der Waals surface area contributed by atoms with E-state index >= 15 is 0 Å². The SMILES string of the molecule is NCCCNCc1ccc(F)cc1Cl. The maximum absolute atomic E-state index is 12.7. The number of benzene rings is 1.